The number of rotatable bonds is 1. The highest BCUT2D eigenvalue weighted by atomic mass is 16.3. The van der Waals surface area contributed by atoms with E-state index in [0.29, 0.717) is 24.0 Å². The van der Waals surface area contributed by atoms with Crippen LogP contribution < -0.4 is 0 Å². The number of phenolic OH excluding ortho intramolecular Hbond substituents is 1. The van der Waals surface area contributed by atoms with Crippen LogP contribution in [0.5, 0.6) is 5.75 Å². The van der Waals surface area contributed by atoms with Gasteiger partial charge in [0.1, 0.15) is 5.75 Å². The van der Waals surface area contributed by atoms with Crippen molar-refractivity contribution in [2.75, 3.05) is 0 Å². The highest BCUT2D eigenvalue weighted by Crippen LogP contribution is 2.35. The Labute approximate surface area is 100 Å². The van der Waals surface area contributed by atoms with Gasteiger partial charge in [-0.05, 0) is 43.4 Å². The maximum Gasteiger partial charge on any atom is 0.163 e. The Balaban J connectivity index is 2.76. The fourth-order valence-corrected chi connectivity index (χ4v) is 2.69. The average molecular weight is 232 g/mol. The van der Waals surface area contributed by atoms with Crippen molar-refractivity contribution in [3.63, 3.8) is 0 Å². The third-order valence-corrected chi connectivity index (χ3v) is 3.32. The monoisotopic (exact) mass is 232 g/mol. The molecule has 17 heavy (non-hydrogen) atoms. The third-order valence-electron chi connectivity index (χ3n) is 3.32. The van der Waals surface area contributed by atoms with Gasteiger partial charge in [0, 0.05) is 12.0 Å². The number of phenols is 1. The molecule has 1 aromatic rings. The molecule has 1 aromatic carbocycles. The predicted octanol–water partition coefficient (Wildman–Crippen LogP) is 2.67. The van der Waals surface area contributed by atoms with Crippen LogP contribution in [0.25, 0.3) is 0 Å². The first-order chi connectivity index (χ1) is 7.91. The minimum absolute atomic E-state index is 0.00403. The topological polar surface area (TPSA) is 54.4 Å². The first kappa shape index (κ1) is 11.8. The molecular formula is C14H16O3. The summed E-state index contributed by atoms with van der Waals surface area (Å²) in [6, 6.07) is 1.52. The zero-order chi connectivity index (χ0) is 12.7. The van der Waals surface area contributed by atoms with Crippen LogP contribution in [0.15, 0.2) is 6.07 Å². The quantitative estimate of drug-likeness (QED) is 0.757. The molecule has 0 saturated heterocycles. The Kier molecular flexibility index (Phi) is 2.77. The molecule has 0 radical (unpaired) electrons. The maximum absolute atomic E-state index is 12.0. The summed E-state index contributed by atoms with van der Waals surface area (Å²) in [6.07, 6.45) is 1.21. The highest BCUT2D eigenvalue weighted by Gasteiger charge is 2.29. The SMILES string of the molecule is CC(=O)c1c(O)cc(C)c2c1C[C@H](C)CC2=O. The lowest BCUT2D eigenvalue weighted by Gasteiger charge is -2.24. The van der Waals surface area contributed by atoms with Gasteiger partial charge in [-0.2, -0.15) is 0 Å². The molecule has 1 atom stereocenters. The normalized spacial score (nSPS) is 19.0. The molecule has 1 aliphatic rings. The van der Waals surface area contributed by atoms with E-state index in [2.05, 4.69) is 0 Å². The van der Waals surface area contributed by atoms with Crippen LogP contribution in [-0.4, -0.2) is 16.7 Å². The van der Waals surface area contributed by atoms with E-state index in [1.165, 1.54) is 13.0 Å². The van der Waals surface area contributed by atoms with Gasteiger partial charge in [0.2, 0.25) is 0 Å². The molecule has 0 spiro atoms. The summed E-state index contributed by atoms with van der Waals surface area (Å²) in [5.74, 6) is 0.129. The van der Waals surface area contributed by atoms with E-state index in [1.54, 1.807) is 6.92 Å². The Hall–Kier alpha value is -1.64. The van der Waals surface area contributed by atoms with Crippen molar-refractivity contribution in [3.8, 4) is 5.75 Å². The van der Waals surface area contributed by atoms with Crippen molar-refractivity contribution >= 4 is 11.6 Å². The smallest absolute Gasteiger partial charge is 0.163 e. The number of carbonyl (C=O) groups is 2. The van der Waals surface area contributed by atoms with Crippen LogP contribution in [-0.2, 0) is 6.42 Å². The van der Waals surface area contributed by atoms with Crippen molar-refractivity contribution in [2.24, 2.45) is 5.92 Å². The van der Waals surface area contributed by atoms with Crippen molar-refractivity contribution in [2.45, 2.75) is 33.6 Å². The predicted molar refractivity (Wildman–Crippen MR) is 64.7 cm³/mol. The Bertz CT molecular complexity index is 494. The lowest BCUT2D eigenvalue weighted by Crippen LogP contribution is -2.22. The summed E-state index contributed by atoms with van der Waals surface area (Å²) in [5, 5.41) is 9.86. The van der Waals surface area contributed by atoms with Gasteiger partial charge >= 0.3 is 0 Å². The molecular weight excluding hydrogens is 216 g/mol. The molecule has 0 aliphatic heterocycles. The molecule has 0 unspecified atom stereocenters. The zero-order valence-corrected chi connectivity index (χ0v) is 10.3. The minimum atomic E-state index is -0.180. The van der Waals surface area contributed by atoms with Gasteiger partial charge in [0.05, 0.1) is 5.56 Å². The highest BCUT2D eigenvalue weighted by molar-refractivity contribution is 6.06. The Morgan fingerprint density at radius 1 is 1.41 bits per heavy atom. The maximum atomic E-state index is 12.0. The number of hydrogen-bond donors (Lipinski definition) is 1. The number of hydrogen-bond acceptors (Lipinski definition) is 3. The lowest BCUT2D eigenvalue weighted by atomic mass is 9.79. The van der Waals surface area contributed by atoms with Crippen molar-refractivity contribution in [3.05, 3.63) is 28.3 Å². The van der Waals surface area contributed by atoms with E-state index >= 15 is 0 Å². The minimum Gasteiger partial charge on any atom is -0.507 e. The summed E-state index contributed by atoms with van der Waals surface area (Å²) in [4.78, 5) is 23.6. The number of carbonyl (C=O) groups excluding carboxylic acids is 2. The van der Waals surface area contributed by atoms with E-state index in [9.17, 15) is 14.7 Å². The zero-order valence-electron chi connectivity index (χ0n) is 10.3. The van der Waals surface area contributed by atoms with E-state index in [4.69, 9.17) is 0 Å². The fourth-order valence-electron chi connectivity index (χ4n) is 2.69. The summed E-state index contributed by atoms with van der Waals surface area (Å²) in [5.41, 5.74) is 2.47. The van der Waals surface area contributed by atoms with E-state index in [0.717, 1.165) is 11.1 Å². The summed E-state index contributed by atoms with van der Waals surface area (Å²) in [6.45, 7) is 5.22. The largest absolute Gasteiger partial charge is 0.507 e. The molecule has 0 aromatic heterocycles. The first-order valence-corrected chi connectivity index (χ1v) is 5.81. The van der Waals surface area contributed by atoms with Gasteiger partial charge in [0.15, 0.2) is 11.6 Å². The second kappa shape index (κ2) is 3.99. The lowest BCUT2D eigenvalue weighted by molar-refractivity contribution is 0.0952. The molecule has 0 heterocycles. The van der Waals surface area contributed by atoms with Gasteiger partial charge in [-0.3, -0.25) is 9.59 Å². The number of Topliss-reactive ketones (excluding diaryl/α,β-unsaturated/α-hetero) is 2. The second-order valence-corrected chi connectivity index (χ2v) is 4.93. The van der Waals surface area contributed by atoms with Crippen molar-refractivity contribution < 1.29 is 14.7 Å². The van der Waals surface area contributed by atoms with E-state index < -0.39 is 0 Å². The molecule has 3 heteroatoms. The van der Waals surface area contributed by atoms with Gasteiger partial charge in [-0.25, -0.2) is 0 Å². The van der Waals surface area contributed by atoms with Gasteiger partial charge in [-0.1, -0.05) is 6.92 Å². The van der Waals surface area contributed by atoms with Crippen LogP contribution in [0.2, 0.25) is 0 Å². The molecule has 90 valence electrons. The van der Waals surface area contributed by atoms with Crippen LogP contribution >= 0.6 is 0 Å². The number of benzene rings is 1. The molecule has 0 fully saturated rings. The van der Waals surface area contributed by atoms with Gasteiger partial charge in [0.25, 0.3) is 0 Å². The second-order valence-electron chi connectivity index (χ2n) is 4.93. The summed E-state index contributed by atoms with van der Waals surface area (Å²) < 4.78 is 0. The van der Waals surface area contributed by atoms with E-state index in [-0.39, 0.29) is 23.2 Å². The number of ketones is 2. The summed E-state index contributed by atoms with van der Waals surface area (Å²) in [7, 11) is 0. The standard InChI is InChI=1S/C14H16O3/c1-7-4-10-13(11(16)5-7)8(2)6-12(17)14(10)9(3)15/h6-7,17H,4-5H2,1-3H3/t7-/m0/s1. The number of aryl methyl sites for hydroxylation is 1. The van der Waals surface area contributed by atoms with Crippen molar-refractivity contribution in [1.29, 1.82) is 0 Å². The molecule has 1 N–H and O–H groups in total. The molecule has 2 rings (SSSR count). The molecule has 0 amide bonds. The third kappa shape index (κ3) is 1.86. The summed E-state index contributed by atoms with van der Waals surface area (Å²) >= 11 is 0. The van der Waals surface area contributed by atoms with Crippen LogP contribution in [0, 0.1) is 12.8 Å². The molecule has 0 bridgehead atoms. The van der Waals surface area contributed by atoms with Crippen molar-refractivity contribution in [1.82, 2.24) is 0 Å². The first-order valence-electron chi connectivity index (χ1n) is 5.81. The Morgan fingerprint density at radius 3 is 2.65 bits per heavy atom. The molecule has 0 saturated carbocycles. The van der Waals surface area contributed by atoms with Gasteiger partial charge in [-0.15, -0.1) is 0 Å². The van der Waals surface area contributed by atoms with Crippen LogP contribution in [0.3, 0.4) is 0 Å². The Morgan fingerprint density at radius 2 is 2.06 bits per heavy atom. The molecule has 1 aliphatic carbocycles. The molecule has 3 nitrogen and oxygen atoms in total. The fraction of sp³-hybridized carbons (Fsp3) is 0.429. The van der Waals surface area contributed by atoms with E-state index in [1.807, 2.05) is 6.92 Å². The van der Waals surface area contributed by atoms with Crippen LogP contribution in [0.1, 0.15) is 52.1 Å². The number of aromatic hydroxyl groups is 1. The average Bonchev–Trinajstić information content (AvgIpc) is 2.13. The van der Waals surface area contributed by atoms with Crippen LogP contribution in [0.4, 0.5) is 0 Å². The number of fused-ring (bicyclic) bond motifs is 1. The van der Waals surface area contributed by atoms with Gasteiger partial charge < -0.3 is 5.11 Å².